The molecule has 0 unspecified atom stereocenters. The van der Waals surface area contributed by atoms with Crippen LogP contribution in [-0.4, -0.2) is 16.7 Å². The van der Waals surface area contributed by atoms with Crippen LogP contribution in [0.5, 0.6) is 0 Å². The molecule has 4 rings (SSSR count). The minimum atomic E-state index is -0.109. The van der Waals surface area contributed by atoms with Crippen LogP contribution in [0.25, 0.3) is 10.9 Å². The van der Waals surface area contributed by atoms with Gasteiger partial charge in [-0.1, -0.05) is 77.8 Å². The summed E-state index contributed by atoms with van der Waals surface area (Å²) in [6.07, 6.45) is 2.80. The van der Waals surface area contributed by atoms with Crippen LogP contribution in [0.4, 0.5) is 0 Å². The van der Waals surface area contributed by atoms with Crippen molar-refractivity contribution < 1.29 is 4.79 Å². The molecule has 162 valence electrons. The Balaban J connectivity index is 1.52. The maximum atomic E-state index is 12.2. The number of halogens is 2. The molecule has 0 aliphatic rings. The van der Waals surface area contributed by atoms with Gasteiger partial charge in [-0.2, -0.15) is 5.10 Å². The fourth-order valence-corrected chi connectivity index (χ4v) is 4.09. The third kappa shape index (κ3) is 5.04. The van der Waals surface area contributed by atoms with E-state index >= 15 is 0 Å². The van der Waals surface area contributed by atoms with E-state index in [1.807, 2.05) is 60.7 Å². The van der Waals surface area contributed by atoms with Gasteiger partial charge in [-0.05, 0) is 42.7 Å². The number of para-hydroxylation sites is 1. The van der Waals surface area contributed by atoms with Crippen LogP contribution in [0.3, 0.4) is 0 Å². The summed E-state index contributed by atoms with van der Waals surface area (Å²) in [5, 5.41) is 6.39. The van der Waals surface area contributed by atoms with Crippen LogP contribution in [-0.2, 0) is 17.8 Å². The van der Waals surface area contributed by atoms with Gasteiger partial charge in [-0.15, -0.1) is 0 Å². The monoisotopic (exact) mass is 463 g/mol. The van der Waals surface area contributed by atoms with E-state index in [2.05, 4.69) is 34.2 Å². The van der Waals surface area contributed by atoms with E-state index < -0.39 is 0 Å². The number of aryl methyl sites for hydroxylation is 1. The average molecular weight is 464 g/mol. The fraction of sp³-hybridized carbons (Fsp3) is 0.154. The van der Waals surface area contributed by atoms with Crippen LogP contribution in [0.2, 0.25) is 10.0 Å². The number of benzene rings is 3. The molecule has 4 nitrogen and oxygen atoms in total. The molecule has 0 aliphatic heterocycles. The number of rotatable bonds is 7. The Morgan fingerprint density at radius 1 is 0.969 bits per heavy atom. The Kier molecular flexibility index (Phi) is 6.93. The third-order valence-electron chi connectivity index (χ3n) is 5.47. The van der Waals surface area contributed by atoms with Gasteiger partial charge < -0.3 is 4.57 Å². The van der Waals surface area contributed by atoms with Gasteiger partial charge in [0.2, 0.25) is 5.91 Å². The first-order valence-electron chi connectivity index (χ1n) is 10.4. The summed E-state index contributed by atoms with van der Waals surface area (Å²) >= 11 is 12.3. The highest BCUT2D eigenvalue weighted by molar-refractivity contribution is 6.42. The molecule has 6 heteroatoms. The summed E-state index contributed by atoms with van der Waals surface area (Å²) in [6.45, 7) is 2.70. The fourth-order valence-electron chi connectivity index (χ4n) is 3.77. The Morgan fingerprint density at radius 2 is 1.72 bits per heavy atom. The maximum Gasteiger partial charge on any atom is 0.240 e. The number of carbonyl (C=O) groups excluding carboxylic acids is 1. The van der Waals surface area contributed by atoms with Crippen LogP contribution in [0.15, 0.2) is 77.9 Å². The highest BCUT2D eigenvalue weighted by Crippen LogP contribution is 2.27. The van der Waals surface area contributed by atoms with E-state index in [1.54, 1.807) is 6.21 Å². The zero-order chi connectivity index (χ0) is 22.5. The molecule has 0 atom stereocenters. The van der Waals surface area contributed by atoms with Crippen molar-refractivity contribution in [3.63, 3.8) is 0 Å². The molecule has 1 N–H and O–H groups in total. The first-order chi connectivity index (χ1) is 15.5. The molecule has 0 bridgehead atoms. The summed E-state index contributed by atoms with van der Waals surface area (Å²) in [5.41, 5.74) is 7.97. The largest absolute Gasteiger partial charge is 0.340 e. The SMILES string of the molecule is Cc1c(/C=N\NC(=O)CCc2ccccc2)c2ccccc2n1Cc1ccc(Cl)c(Cl)c1. The first-order valence-corrected chi connectivity index (χ1v) is 11.2. The summed E-state index contributed by atoms with van der Waals surface area (Å²) in [4.78, 5) is 12.2. The van der Waals surface area contributed by atoms with E-state index in [1.165, 1.54) is 0 Å². The van der Waals surface area contributed by atoms with Crippen LogP contribution in [0, 0.1) is 6.92 Å². The summed E-state index contributed by atoms with van der Waals surface area (Å²) < 4.78 is 2.22. The molecule has 0 radical (unpaired) electrons. The van der Waals surface area contributed by atoms with Gasteiger partial charge in [0, 0.05) is 35.1 Å². The Bertz CT molecular complexity index is 1280. The molecule has 0 spiro atoms. The van der Waals surface area contributed by atoms with E-state index in [0.29, 0.717) is 29.4 Å². The predicted molar refractivity (Wildman–Crippen MR) is 133 cm³/mol. The van der Waals surface area contributed by atoms with Crippen molar-refractivity contribution in [2.45, 2.75) is 26.3 Å². The standard InChI is InChI=1S/C26H23Cl2N3O/c1-18-22(16-29-30-26(32)14-12-19-7-3-2-4-8-19)21-9-5-6-10-25(21)31(18)17-20-11-13-23(27)24(28)15-20/h2-11,13,15-16H,12,14,17H2,1H3,(H,30,32)/b29-16-. The molecule has 0 saturated heterocycles. The van der Waals surface area contributed by atoms with Gasteiger partial charge in [0.05, 0.1) is 16.3 Å². The van der Waals surface area contributed by atoms with Crippen molar-refractivity contribution in [2.75, 3.05) is 0 Å². The van der Waals surface area contributed by atoms with Crippen molar-refractivity contribution >= 4 is 46.2 Å². The molecule has 0 aliphatic carbocycles. The van der Waals surface area contributed by atoms with Gasteiger partial charge in [0.1, 0.15) is 0 Å². The Morgan fingerprint density at radius 3 is 2.50 bits per heavy atom. The van der Waals surface area contributed by atoms with Gasteiger partial charge in [0.25, 0.3) is 0 Å². The highest BCUT2D eigenvalue weighted by Gasteiger charge is 2.13. The molecule has 0 saturated carbocycles. The number of nitrogens with one attached hydrogen (secondary N) is 1. The lowest BCUT2D eigenvalue weighted by molar-refractivity contribution is -0.121. The number of hydrogen-bond donors (Lipinski definition) is 1. The number of fused-ring (bicyclic) bond motifs is 1. The highest BCUT2D eigenvalue weighted by atomic mass is 35.5. The topological polar surface area (TPSA) is 46.4 Å². The van der Waals surface area contributed by atoms with Crippen molar-refractivity contribution in [1.29, 1.82) is 0 Å². The van der Waals surface area contributed by atoms with Gasteiger partial charge in [-0.25, -0.2) is 5.43 Å². The third-order valence-corrected chi connectivity index (χ3v) is 6.21. The van der Waals surface area contributed by atoms with Crippen molar-refractivity contribution in [3.8, 4) is 0 Å². The van der Waals surface area contributed by atoms with E-state index in [0.717, 1.165) is 33.3 Å². The summed E-state index contributed by atoms with van der Waals surface area (Å²) in [5.74, 6) is -0.109. The van der Waals surface area contributed by atoms with Crippen molar-refractivity contribution in [3.05, 3.63) is 105 Å². The second-order valence-electron chi connectivity index (χ2n) is 7.63. The first kappa shape index (κ1) is 22.1. The number of hydrazone groups is 1. The molecular weight excluding hydrogens is 441 g/mol. The van der Waals surface area contributed by atoms with Crippen LogP contribution >= 0.6 is 23.2 Å². The molecular formula is C26H23Cl2N3O. The second-order valence-corrected chi connectivity index (χ2v) is 8.44. The van der Waals surface area contributed by atoms with Crippen molar-refractivity contribution in [2.24, 2.45) is 5.10 Å². The van der Waals surface area contributed by atoms with E-state index in [4.69, 9.17) is 23.2 Å². The number of aromatic nitrogens is 1. The predicted octanol–water partition coefficient (Wildman–Crippen LogP) is 6.39. The lowest BCUT2D eigenvalue weighted by Gasteiger charge is -2.09. The normalized spacial score (nSPS) is 11.3. The lowest BCUT2D eigenvalue weighted by atomic mass is 10.1. The van der Waals surface area contributed by atoms with Gasteiger partial charge in [-0.3, -0.25) is 4.79 Å². The Hall–Kier alpha value is -3.08. The minimum Gasteiger partial charge on any atom is -0.340 e. The summed E-state index contributed by atoms with van der Waals surface area (Å²) in [7, 11) is 0. The molecule has 4 aromatic rings. The molecule has 1 heterocycles. The van der Waals surface area contributed by atoms with Crippen LogP contribution in [0.1, 0.15) is 28.8 Å². The van der Waals surface area contributed by atoms with Crippen molar-refractivity contribution in [1.82, 2.24) is 9.99 Å². The Labute approximate surface area is 197 Å². The second kappa shape index (κ2) is 10.0. The van der Waals surface area contributed by atoms with Gasteiger partial charge >= 0.3 is 0 Å². The average Bonchev–Trinajstić information content (AvgIpc) is 3.07. The van der Waals surface area contributed by atoms with E-state index in [9.17, 15) is 4.79 Å². The smallest absolute Gasteiger partial charge is 0.240 e. The number of nitrogens with zero attached hydrogens (tertiary/aromatic N) is 2. The molecule has 32 heavy (non-hydrogen) atoms. The van der Waals surface area contributed by atoms with Gasteiger partial charge in [0.15, 0.2) is 0 Å². The van der Waals surface area contributed by atoms with Crippen LogP contribution < -0.4 is 5.43 Å². The minimum absolute atomic E-state index is 0.109. The zero-order valence-electron chi connectivity index (χ0n) is 17.7. The number of amides is 1. The molecule has 0 fully saturated rings. The zero-order valence-corrected chi connectivity index (χ0v) is 19.2. The number of hydrogen-bond acceptors (Lipinski definition) is 2. The quantitative estimate of drug-likeness (QED) is 0.250. The van der Waals surface area contributed by atoms with E-state index in [-0.39, 0.29) is 5.91 Å². The molecule has 1 aromatic heterocycles. The molecule has 3 aromatic carbocycles. The molecule has 1 amide bonds. The maximum absolute atomic E-state index is 12.2. The number of carbonyl (C=O) groups is 1. The lowest BCUT2D eigenvalue weighted by Crippen LogP contribution is -2.18. The summed E-state index contributed by atoms with van der Waals surface area (Å²) in [6, 6.07) is 23.8.